The first-order valence-corrected chi connectivity index (χ1v) is 5.69. The van der Waals surface area contributed by atoms with Gasteiger partial charge in [0.25, 0.3) is 0 Å². The van der Waals surface area contributed by atoms with Gasteiger partial charge in [-0.3, -0.25) is 4.40 Å². The minimum atomic E-state index is 0.238. The second-order valence-corrected chi connectivity index (χ2v) is 4.32. The molecule has 0 saturated carbocycles. The molecule has 0 unspecified atom stereocenters. The van der Waals surface area contributed by atoms with E-state index < -0.39 is 0 Å². The van der Waals surface area contributed by atoms with Gasteiger partial charge in [0.15, 0.2) is 5.82 Å². The van der Waals surface area contributed by atoms with Crippen LogP contribution in [0.5, 0.6) is 5.75 Å². The predicted octanol–water partition coefficient (Wildman–Crippen LogP) is 2.60. The molecule has 4 nitrogen and oxygen atoms in total. The topological polar surface area (TPSA) is 63.5 Å². The first-order valence-electron chi connectivity index (χ1n) is 5.69. The molecule has 0 radical (unpaired) electrons. The van der Waals surface area contributed by atoms with E-state index in [0.717, 1.165) is 22.5 Å². The second kappa shape index (κ2) is 3.77. The maximum atomic E-state index is 9.32. The van der Waals surface area contributed by atoms with E-state index >= 15 is 0 Å². The molecule has 90 valence electrons. The van der Waals surface area contributed by atoms with Gasteiger partial charge < -0.3 is 10.8 Å². The fourth-order valence-electron chi connectivity index (χ4n) is 2.07. The highest BCUT2D eigenvalue weighted by Gasteiger charge is 2.11. The lowest BCUT2D eigenvalue weighted by atomic mass is 10.1. The van der Waals surface area contributed by atoms with Crippen LogP contribution in [0.25, 0.3) is 16.9 Å². The quantitative estimate of drug-likeness (QED) is 0.686. The average Bonchev–Trinajstić information content (AvgIpc) is 2.65. The van der Waals surface area contributed by atoms with Crippen LogP contribution in [0.15, 0.2) is 42.6 Å². The summed E-state index contributed by atoms with van der Waals surface area (Å²) in [6.45, 7) is 2.02. The number of benzene rings is 1. The summed E-state index contributed by atoms with van der Waals surface area (Å²) in [5.41, 5.74) is 9.74. The van der Waals surface area contributed by atoms with Gasteiger partial charge >= 0.3 is 0 Å². The fourth-order valence-corrected chi connectivity index (χ4v) is 2.07. The van der Waals surface area contributed by atoms with Gasteiger partial charge in [-0.1, -0.05) is 0 Å². The number of nitrogens with zero attached hydrogens (tertiary/aromatic N) is 2. The lowest BCUT2D eigenvalue weighted by Gasteiger charge is -2.03. The number of imidazole rings is 1. The zero-order chi connectivity index (χ0) is 12.7. The summed E-state index contributed by atoms with van der Waals surface area (Å²) >= 11 is 0. The molecule has 0 aliphatic carbocycles. The number of nitrogen functional groups attached to an aromatic ring is 1. The van der Waals surface area contributed by atoms with Crippen molar-refractivity contribution in [3.8, 4) is 17.0 Å². The molecule has 0 amide bonds. The smallest absolute Gasteiger partial charge is 0.150 e. The van der Waals surface area contributed by atoms with Crippen LogP contribution in [-0.4, -0.2) is 14.5 Å². The number of pyridine rings is 1. The number of aromatic hydroxyl groups is 1. The van der Waals surface area contributed by atoms with Crippen molar-refractivity contribution in [1.82, 2.24) is 9.38 Å². The summed E-state index contributed by atoms with van der Waals surface area (Å²) in [5.74, 6) is 0.730. The number of hydrogen-bond donors (Lipinski definition) is 2. The first kappa shape index (κ1) is 10.7. The van der Waals surface area contributed by atoms with Crippen LogP contribution in [0.1, 0.15) is 5.56 Å². The number of nitrogens with two attached hydrogens (primary N) is 1. The molecular formula is C14H13N3O. The van der Waals surface area contributed by atoms with Gasteiger partial charge in [-0.25, -0.2) is 4.98 Å². The third-order valence-corrected chi connectivity index (χ3v) is 2.95. The molecule has 0 fully saturated rings. The Balaban J connectivity index is 2.28. The number of hydrogen-bond acceptors (Lipinski definition) is 3. The molecule has 4 heteroatoms. The highest BCUT2D eigenvalue weighted by Crippen LogP contribution is 2.28. The Bertz CT molecular complexity index is 714. The van der Waals surface area contributed by atoms with E-state index in [1.165, 1.54) is 0 Å². The predicted molar refractivity (Wildman–Crippen MR) is 71.4 cm³/mol. The molecule has 0 saturated heterocycles. The van der Waals surface area contributed by atoms with E-state index in [1.807, 2.05) is 41.8 Å². The lowest BCUT2D eigenvalue weighted by Crippen LogP contribution is -1.91. The molecule has 3 aromatic rings. The number of phenols is 1. The Hall–Kier alpha value is -2.49. The normalized spacial score (nSPS) is 10.9. The summed E-state index contributed by atoms with van der Waals surface area (Å²) < 4.78 is 1.95. The molecule has 0 bridgehead atoms. The Labute approximate surface area is 104 Å². The zero-order valence-corrected chi connectivity index (χ0v) is 9.96. The number of fused-ring (bicyclic) bond motifs is 1. The van der Waals surface area contributed by atoms with Crippen molar-refractivity contribution < 1.29 is 5.11 Å². The van der Waals surface area contributed by atoms with Crippen molar-refractivity contribution in [2.45, 2.75) is 6.92 Å². The molecule has 18 heavy (non-hydrogen) atoms. The first-order chi connectivity index (χ1) is 8.65. The van der Waals surface area contributed by atoms with E-state index in [-0.39, 0.29) is 5.75 Å². The monoisotopic (exact) mass is 239 g/mol. The van der Waals surface area contributed by atoms with Crippen LogP contribution in [0.4, 0.5) is 5.82 Å². The van der Waals surface area contributed by atoms with Crippen molar-refractivity contribution in [2.75, 3.05) is 5.73 Å². The van der Waals surface area contributed by atoms with Crippen LogP contribution in [0.3, 0.4) is 0 Å². The van der Waals surface area contributed by atoms with E-state index in [2.05, 4.69) is 4.98 Å². The highest BCUT2D eigenvalue weighted by molar-refractivity contribution is 5.75. The average molecular weight is 239 g/mol. The number of anilines is 1. The molecule has 0 aliphatic rings. The van der Waals surface area contributed by atoms with Crippen LogP contribution in [0.2, 0.25) is 0 Å². The van der Waals surface area contributed by atoms with Crippen LogP contribution >= 0.6 is 0 Å². The summed E-state index contributed by atoms with van der Waals surface area (Å²) in [5, 5.41) is 9.32. The van der Waals surface area contributed by atoms with Crippen molar-refractivity contribution >= 4 is 11.5 Å². The highest BCUT2D eigenvalue weighted by atomic mass is 16.3. The molecule has 1 aromatic carbocycles. The molecule has 3 N–H and O–H groups in total. The van der Waals surface area contributed by atoms with Crippen molar-refractivity contribution in [3.05, 3.63) is 48.2 Å². The summed E-state index contributed by atoms with van der Waals surface area (Å²) in [4.78, 5) is 4.35. The van der Waals surface area contributed by atoms with Gasteiger partial charge in [-0.2, -0.15) is 0 Å². The Morgan fingerprint density at radius 2 is 1.89 bits per heavy atom. The van der Waals surface area contributed by atoms with Crippen LogP contribution in [-0.2, 0) is 0 Å². The van der Waals surface area contributed by atoms with E-state index in [1.54, 1.807) is 12.1 Å². The number of aromatic nitrogens is 2. The van der Waals surface area contributed by atoms with E-state index in [0.29, 0.717) is 5.82 Å². The van der Waals surface area contributed by atoms with Crippen molar-refractivity contribution in [2.24, 2.45) is 0 Å². The van der Waals surface area contributed by atoms with Crippen LogP contribution in [0, 0.1) is 6.92 Å². The molecule has 2 aromatic heterocycles. The standard InChI is InChI=1S/C14H13N3O/c1-9-6-7-17-12(8-9)16-14(15)13(17)10-2-4-11(18)5-3-10/h2-8,18H,15H2,1H3. The molecule has 3 rings (SSSR count). The largest absolute Gasteiger partial charge is 0.508 e. The molecule has 0 aliphatic heterocycles. The van der Waals surface area contributed by atoms with Gasteiger partial charge in [-0.05, 0) is 48.9 Å². The Morgan fingerprint density at radius 1 is 1.17 bits per heavy atom. The number of aryl methyl sites for hydroxylation is 1. The molecule has 0 spiro atoms. The maximum absolute atomic E-state index is 9.32. The Kier molecular flexibility index (Phi) is 2.23. The third kappa shape index (κ3) is 1.59. The van der Waals surface area contributed by atoms with Gasteiger partial charge in [0.1, 0.15) is 11.4 Å². The fraction of sp³-hybridized carbons (Fsp3) is 0.0714. The Morgan fingerprint density at radius 3 is 2.61 bits per heavy atom. The maximum Gasteiger partial charge on any atom is 0.150 e. The van der Waals surface area contributed by atoms with Gasteiger partial charge in [-0.15, -0.1) is 0 Å². The lowest BCUT2D eigenvalue weighted by molar-refractivity contribution is 0.475. The summed E-state index contributed by atoms with van der Waals surface area (Å²) in [7, 11) is 0. The van der Waals surface area contributed by atoms with E-state index in [9.17, 15) is 5.11 Å². The number of phenolic OH excluding ortho intramolecular Hbond substituents is 1. The van der Waals surface area contributed by atoms with Gasteiger partial charge in [0, 0.05) is 11.8 Å². The minimum absolute atomic E-state index is 0.238. The molecule has 0 atom stereocenters. The van der Waals surface area contributed by atoms with Crippen molar-refractivity contribution in [3.63, 3.8) is 0 Å². The van der Waals surface area contributed by atoms with Gasteiger partial charge in [0.2, 0.25) is 0 Å². The number of rotatable bonds is 1. The van der Waals surface area contributed by atoms with Gasteiger partial charge in [0.05, 0.1) is 5.69 Å². The third-order valence-electron chi connectivity index (χ3n) is 2.95. The summed E-state index contributed by atoms with van der Waals surface area (Å²) in [6, 6.07) is 10.9. The zero-order valence-electron chi connectivity index (χ0n) is 9.96. The van der Waals surface area contributed by atoms with E-state index in [4.69, 9.17) is 5.73 Å². The van der Waals surface area contributed by atoms with Crippen molar-refractivity contribution in [1.29, 1.82) is 0 Å². The van der Waals surface area contributed by atoms with Crippen LogP contribution < -0.4 is 5.73 Å². The SMILES string of the molecule is Cc1ccn2c(-c3ccc(O)cc3)c(N)nc2c1. The summed E-state index contributed by atoms with van der Waals surface area (Å²) in [6.07, 6.45) is 1.95. The molecular weight excluding hydrogens is 226 g/mol. The second-order valence-electron chi connectivity index (χ2n) is 4.32. The minimum Gasteiger partial charge on any atom is -0.508 e. The molecule has 2 heterocycles.